The molecule has 1 saturated heterocycles. The summed E-state index contributed by atoms with van der Waals surface area (Å²) in [5, 5.41) is 0. The highest BCUT2D eigenvalue weighted by molar-refractivity contribution is 5.79. The molecule has 0 aromatic heterocycles. The Morgan fingerprint density at radius 1 is 0.793 bits per heavy atom. The number of nitrogens with zero attached hydrogens (tertiary/aromatic N) is 2. The zero-order valence-electron chi connectivity index (χ0n) is 16.1. The summed E-state index contributed by atoms with van der Waals surface area (Å²) < 4.78 is 18.8. The van der Waals surface area contributed by atoms with Crippen LogP contribution in [0.25, 0.3) is 0 Å². The number of carbonyl (C=O) groups excluding carboxylic acids is 1. The number of carbonyl (C=O) groups is 1. The van der Waals surface area contributed by atoms with Crippen molar-refractivity contribution in [1.29, 1.82) is 0 Å². The summed E-state index contributed by atoms with van der Waals surface area (Å²) >= 11 is 0. The van der Waals surface area contributed by atoms with Crippen LogP contribution >= 0.6 is 0 Å². The monoisotopic (exact) mass is 390 g/mol. The molecule has 1 aliphatic heterocycles. The molecule has 0 atom stereocenters. The Bertz CT molecular complexity index is 935. The fourth-order valence-electron chi connectivity index (χ4n) is 3.45. The number of hydrogen-bond acceptors (Lipinski definition) is 3. The topological polar surface area (TPSA) is 32.8 Å². The van der Waals surface area contributed by atoms with Gasteiger partial charge in [0.25, 0.3) is 0 Å². The number of anilines is 1. The second-order valence-electron chi connectivity index (χ2n) is 7.08. The molecule has 0 aliphatic carbocycles. The number of rotatable bonds is 5. The number of para-hydroxylation sites is 1. The molecule has 5 heteroatoms. The second-order valence-corrected chi connectivity index (χ2v) is 7.08. The average Bonchev–Trinajstić information content (AvgIpc) is 2.77. The summed E-state index contributed by atoms with van der Waals surface area (Å²) in [5.74, 6) is 1.42. The molecule has 0 N–H and O–H groups in total. The molecule has 0 radical (unpaired) electrons. The Labute approximate surface area is 170 Å². The number of benzene rings is 3. The van der Waals surface area contributed by atoms with Crippen LogP contribution in [0.1, 0.15) is 5.56 Å². The molecule has 29 heavy (non-hydrogen) atoms. The third-order valence-corrected chi connectivity index (χ3v) is 5.08. The van der Waals surface area contributed by atoms with Crippen LogP contribution in [0.5, 0.6) is 11.5 Å². The van der Waals surface area contributed by atoms with E-state index in [9.17, 15) is 9.18 Å². The van der Waals surface area contributed by atoms with Crippen LogP contribution in [-0.2, 0) is 11.2 Å². The first-order valence-corrected chi connectivity index (χ1v) is 9.77. The van der Waals surface area contributed by atoms with Gasteiger partial charge in [-0.2, -0.15) is 0 Å². The van der Waals surface area contributed by atoms with Crippen LogP contribution in [-0.4, -0.2) is 37.0 Å². The number of halogens is 1. The largest absolute Gasteiger partial charge is 0.457 e. The maximum Gasteiger partial charge on any atom is 0.227 e. The van der Waals surface area contributed by atoms with Crippen LogP contribution in [0.15, 0.2) is 78.9 Å². The SMILES string of the molecule is O=C(Cc1ccc(F)cc1)N1CCN(c2ccc(Oc3ccccc3)cc2)CC1. The van der Waals surface area contributed by atoms with Crippen molar-refractivity contribution in [3.63, 3.8) is 0 Å². The molecule has 3 aromatic rings. The lowest BCUT2D eigenvalue weighted by Crippen LogP contribution is -2.49. The van der Waals surface area contributed by atoms with E-state index in [1.807, 2.05) is 59.5 Å². The molecule has 1 heterocycles. The number of amides is 1. The lowest BCUT2D eigenvalue weighted by molar-refractivity contribution is -0.130. The quantitative estimate of drug-likeness (QED) is 0.643. The van der Waals surface area contributed by atoms with Crippen molar-refractivity contribution in [2.24, 2.45) is 0 Å². The Hall–Kier alpha value is -3.34. The summed E-state index contributed by atoms with van der Waals surface area (Å²) in [4.78, 5) is 16.7. The van der Waals surface area contributed by atoms with Gasteiger partial charge in [-0.3, -0.25) is 4.79 Å². The summed E-state index contributed by atoms with van der Waals surface area (Å²) in [6, 6.07) is 23.9. The van der Waals surface area contributed by atoms with Crippen molar-refractivity contribution < 1.29 is 13.9 Å². The van der Waals surface area contributed by atoms with Gasteiger partial charge in [-0.15, -0.1) is 0 Å². The van der Waals surface area contributed by atoms with Gasteiger partial charge < -0.3 is 14.5 Å². The Morgan fingerprint density at radius 2 is 1.41 bits per heavy atom. The zero-order valence-corrected chi connectivity index (χ0v) is 16.1. The highest BCUT2D eigenvalue weighted by Crippen LogP contribution is 2.25. The minimum Gasteiger partial charge on any atom is -0.457 e. The lowest BCUT2D eigenvalue weighted by Gasteiger charge is -2.36. The van der Waals surface area contributed by atoms with E-state index in [-0.39, 0.29) is 11.7 Å². The zero-order chi connectivity index (χ0) is 20.1. The van der Waals surface area contributed by atoms with Crippen molar-refractivity contribution in [2.45, 2.75) is 6.42 Å². The molecule has 0 saturated carbocycles. The van der Waals surface area contributed by atoms with Crippen LogP contribution in [0.4, 0.5) is 10.1 Å². The van der Waals surface area contributed by atoms with Crippen molar-refractivity contribution >= 4 is 11.6 Å². The van der Waals surface area contributed by atoms with Gasteiger partial charge in [0.1, 0.15) is 17.3 Å². The third kappa shape index (κ3) is 4.93. The molecular formula is C24H23FN2O2. The van der Waals surface area contributed by atoms with E-state index >= 15 is 0 Å². The molecule has 0 unspecified atom stereocenters. The second kappa shape index (κ2) is 8.78. The van der Waals surface area contributed by atoms with Crippen LogP contribution < -0.4 is 9.64 Å². The third-order valence-electron chi connectivity index (χ3n) is 5.08. The smallest absolute Gasteiger partial charge is 0.227 e. The Balaban J connectivity index is 1.30. The maximum absolute atomic E-state index is 13.0. The molecule has 1 amide bonds. The summed E-state index contributed by atoms with van der Waals surface area (Å²) in [6.07, 6.45) is 0.311. The number of hydrogen-bond donors (Lipinski definition) is 0. The van der Waals surface area contributed by atoms with Crippen LogP contribution in [0.3, 0.4) is 0 Å². The first-order valence-electron chi connectivity index (χ1n) is 9.77. The summed E-state index contributed by atoms with van der Waals surface area (Å²) in [7, 11) is 0. The molecule has 148 valence electrons. The van der Waals surface area contributed by atoms with Gasteiger partial charge in [0.15, 0.2) is 0 Å². The minimum absolute atomic E-state index is 0.0860. The number of ether oxygens (including phenoxy) is 1. The van der Waals surface area contributed by atoms with Crippen LogP contribution in [0, 0.1) is 5.82 Å². The van der Waals surface area contributed by atoms with E-state index in [1.54, 1.807) is 12.1 Å². The lowest BCUT2D eigenvalue weighted by atomic mass is 10.1. The molecule has 3 aromatic carbocycles. The van der Waals surface area contributed by atoms with Gasteiger partial charge in [0.2, 0.25) is 5.91 Å². The Morgan fingerprint density at radius 3 is 2.07 bits per heavy atom. The van der Waals surface area contributed by atoms with E-state index < -0.39 is 0 Å². The van der Waals surface area contributed by atoms with Crippen molar-refractivity contribution in [2.75, 3.05) is 31.1 Å². The van der Waals surface area contributed by atoms with E-state index in [0.29, 0.717) is 19.5 Å². The molecule has 0 spiro atoms. The predicted octanol–water partition coefficient (Wildman–Crippen LogP) is 4.51. The van der Waals surface area contributed by atoms with E-state index in [4.69, 9.17) is 4.74 Å². The summed E-state index contributed by atoms with van der Waals surface area (Å²) in [6.45, 7) is 2.94. The van der Waals surface area contributed by atoms with Gasteiger partial charge in [-0.1, -0.05) is 30.3 Å². The fraction of sp³-hybridized carbons (Fsp3) is 0.208. The first-order chi connectivity index (χ1) is 14.2. The first kappa shape index (κ1) is 19.0. The van der Waals surface area contributed by atoms with Gasteiger partial charge in [0.05, 0.1) is 6.42 Å². The molecule has 1 aliphatic rings. The minimum atomic E-state index is -0.282. The Kier molecular flexibility index (Phi) is 5.75. The predicted molar refractivity (Wildman–Crippen MR) is 112 cm³/mol. The van der Waals surface area contributed by atoms with E-state index in [1.165, 1.54) is 12.1 Å². The molecule has 1 fully saturated rings. The van der Waals surface area contributed by atoms with Crippen molar-refractivity contribution in [3.05, 3.63) is 90.2 Å². The van der Waals surface area contributed by atoms with E-state index in [0.717, 1.165) is 35.8 Å². The van der Waals surface area contributed by atoms with Gasteiger partial charge in [-0.05, 0) is 54.1 Å². The molecule has 0 bridgehead atoms. The molecular weight excluding hydrogens is 367 g/mol. The molecule has 4 rings (SSSR count). The fourth-order valence-corrected chi connectivity index (χ4v) is 3.45. The molecule has 4 nitrogen and oxygen atoms in total. The van der Waals surface area contributed by atoms with E-state index in [2.05, 4.69) is 4.90 Å². The summed E-state index contributed by atoms with van der Waals surface area (Å²) in [5.41, 5.74) is 1.96. The highest BCUT2D eigenvalue weighted by Gasteiger charge is 2.21. The normalized spacial score (nSPS) is 14.0. The van der Waals surface area contributed by atoms with Gasteiger partial charge in [0, 0.05) is 31.9 Å². The average molecular weight is 390 g/mol. The van der Waals surface area contributed by atoms with Gasteiger partial charge >= 0.3 is 0 Å². The number of piperazine rings is 1. The van der Waals surface area contributed by atoms with Crippen LogP contribution in [0.2, 0.25) is 0 Å². The standard InChI is InChI=1S/C24H23FN2O2/c25-20-8-6-19(7-9-20)18-24(28)27-16-14-26(15-17-27)21-10-12-23(13-11-21)29-22-4-2-1-3-5-22/h1-13H,14-18H2. The maximum atomic E-state index is 13.0. The van der Waals surface area contributed by atoms with Gasteiger partial charge in [-0.25, -0.2) is 4.39 Å². The van der Waals surface area contributed by atoms with Crippen molar-refractivity contribution in [1.82, 2.24) is 4.90 Å². The van der Waals surface area contributed by atoms with Crippen molar-refractivity contribution in [3.8, 4) is 11.5 Å². The highest BCUT2D eigenvalue weighted by atomic mass is 19.1.